The van der Waals surface area contributed by atoms with Crippen LogP contribution in [0.15, 0.2) is 18.2 Å². The van der Waals surface area contributed by atoms with E-state index in [1.165, 1.54) is 12.5 Å². The summed E-state index contributed by atoms with van der Waals surface area (Å²) >= 11 is 0. The van der Waals surface area contributed by atoms with E-state index in [9.17, 15) is 9.50 Å². The summed E-state index contributed by atoms with van der Waals surface area (Å²) in [5, 5.41) is 12.9. The molecule has 2 aliphatic heterocycles. The van der Waals surface area contributed by atoms with Crippen LogP contribution in [-0.4, -0.2) is 48.9 Å². The third-order valence-electron chi connectivity index (χ3n) is 5.21. The Morgan fingerprint density at radius 3 is 3.04 bits per heavy atom. The van der Waals surface area contributed by atoms with E-state index in [1.54, 1.807) is 12.1 Å². The molecule has 4 nitrogen and oxygen atoms in total. The predicted molar refractivity (Wildman–Crippen MR) is 92.8 cm³/mol. The number of fused-ring (bicyclic) bond motifs is 1. The number of rotatable bonds is 7. The fraction of sp³-hybridized carbons (Fsp3) is 0.684. The lowest BCUT2D eigenvalue weighted by atomic mass is 10.0. The molecule has 2 heterocycles. The molecule has 1 fully saturated rings. The number of likely N-dealkylation sites (tertiary alicyclic amines) is 1. The number of aliphatic hydroxyl groups excluding tert-OH is 1. The Labute approximate surface area is 144 Å². The Bertz CT molecular complexity index is 526. The van der Waals surface area contributed by atoms with Crippen LogP contribution < -0.4 is 10.1 Å². The van der Waals surface area contributed by atoms with Crippen molar-refractivity contribution < 1.29 is 14.2 Å². The maximum atomic E-state index is 13.6. The molecule has 0 bridgehead atoms. The van der Waals surface area contributed by atoms with Crippen LogP contribution in [0.4, 0.5) is 4.39 Å². The average molecular weight is 336 g/mol. The number of nitrogens with zero attached hydrogens (tertiary/aromatic N) is 1. The van der Waals surface area contributed by atoms with Crippen LogP contribution in [0.2, 0.25) is 0 Å². The van der Waals surface area contributed by atoms with Gasteiger partial charge in [-0.15, -0.1) is 0 Å². The Morgan fingerprint density at radius 1 is 1.25 bits per heavy atom. The number of benzene rings is 1. The summed E-state index contributed by atoms with van der Waals surface area (Å²) in [5.41, 5.74) is 0.951. The first-order chi connectivity index (χ1) is 11.8. The average Bonchev–Trinajstić information content (AvgIpc) is 2.95. The molecule has 5 heteroatoms. The topological polar surface area (TPSA) is 44.7 Å². The van der Waals surface area contributed by atoms with E-state index in [-0.39, 0.29) is 18.5 Å². The second-order valence-corrected chi connectivity index (χ2v) is 6.90. The van der Waals surface area contributed by atoms with Crippen molar-refractivity contribution in [2.24, 2.45) is 0 Å². The van der Waals surface area contributed by atoms with Gasteiger partial charge in [-0.05, 0) is 76.4 Å². The molecular weight excluding hydrogens is 307 g/mol. The number of ether oxygens (including phenoxy) is 1. The maximum Gasteiger partial charge on any atom is 0.124 e. The van der Waals surface area contributed by atoms with Gasteiger partial charge in [0.25, 0.3) is 0 Å². The van der Waals surface area contributed by atoms with Gasteiger partial charge in [0.1, 0.15) is 11.6 Å². The van der Waals surface area contributed by atoms with Gasteiger partial charge >= 0.3 is 0 Å². The van der Waals surface area contributed by atoms with Crippen LogP contribution in [0.5, 0.6) is 5.75 Å². The van der Waals surface area contributed by atoms with Gasteiger partial charge in [0.15, 0.2) is 0 Å². The minimum Gasteiger partial charge on any atom is -0.493 e. The van der Waals surface area contributed by atoms with Gasteiger partial charge in [-0.3, -0.25) is 4.90 Å². The Hall–Kier alpha value is -1.17. The highest BCUT2D eigenvalue weighted by atomic mass is 19.1. The van der Waals surface area contributed by atoms with Crippen LogP contribution in [0.25, 0.3) is 0 Å². The van der Waals surface area contributed by atoms with E-state index in [0.717, 1.165) is 63.1 Å². The second-order valence-electron chi connectivity index (χ2n) is 6.90. The number of nitrogens with one attached hydrogen (secondary N) is 1. The SMILES string of the molecule is OCC1CCCN1CCCCNC1CCCOc2ccc(F)cc21. The number of unbranched alkanes of at least 4 members (excludes halogenated alkanes) is 1. The Balaban J connectivity index is 1.44. The highest BCUT2D eigenvalue weighted by Gasteiger charge is 2.23. The molecule has 24 heavy (non-hydrogen) atoms. The van der Waals surface area contributed by atoms with Crippen LogP contribution in [-0.2, 0) is 0 Å². The van der Waals surface area contributed by atoms with Gasteiger partial charge in [-0.2, -0.15) is 0 Å². The number of halogens is 1. The molecule has 134 valence electrons. The van der Waals surface area contributed by atoms with Crippen LogP contribution in [0.3, 0.4) is 0 Å². The first-order valence-corrected chi connectivity index (χ1v) is 9.28. The van der Waals surface area contributed by atoms with Crippen molar-refractivity contribution in [3.8, 4) is 5.75 Å². The zero-order valence-corrected chi connectivity index (χ0v) is 14.3. The Morgan fingerprint density at radius 2 is 2.17 bits per heavy atom. The normalized spacial score (nSPS) is 24.4. The molecule has 2 N–H and O–H groups in total. The van der Waals surface area contributed by atoms with Crippen molar-refractivity contribution in [3.63, 3.8) is 0 Å². The first-order valence-electron chi connectivity index (χ1n) is 9.28. The molecule has 2 aliphatic rings. The molecular formula is C19H29FN2O2. The van der Waals surface area contributed by atoms with Crippen LogP contribution in [0, 0.1) is 5.82 Å². The number of hydrogen-bond donors (Lipinski definition) is 2. The number of aliphatic hydroxyl groups is 1. The molecule has 0 aliphatic carbocycles. The fourth-order valence-electron chi connectivity index (χ4n) is 3.87. The van der Waals surface area contributed by atoms with E-state index in [2.05, 4.69) is 10.2 Å². The fourth-order valence-corrected chi connectivity index (χ4v) is 3.87. The highest BCUT2D eigenvalue weighted by Crippen LogP contribution is 2.32. The molecule has 2 atom stereocenters. The zero-order valence-electron chi connectivity index (χ0n) is 14.3. The summed E-state index contributed by atoms with van der Waals surface area (Å²) in [6.45, 7) is 4.09. The molecule has 2 unspecified atom stereocenters. The van der Waals surface area contributed by atoms with Crippen LogP contribution in [0.1, 0.15) is 50.1 Å². The molecule has 1 aromatic carbocycles. The van der Waals surface area contributed by atoms with Crippen molar-refractivity contribution in [2.45, 2.75) is 50.6 Å². The van der Waals surface area contributed by atoms with E-state index < -0.39 is 0 Å². The lowest BCUT2D eigenvalue weighted by molar-refractivity contribution is 0.157. The van der Waals surface area contributed by atoms with Gasteiger partial charge in [0.05, 0.1) is 13.2 Å². The predicted octanol–water partition coefficient (Wildman–Crippen LogP) is 2.87. The van der Waals surface area contributed by atoms with Gasteiger partial charge in [-0.1, -0.05) is 0 Å². The zero-order chi connectivity index (χ0) is 16.8. The standard InChI is InChI=1S/C19H29FN2O2/c20-15-7-8-19-17(13-15)18(6-4-12-24-19)21-9-1-2-10-22-11-3-5-16(22)14-23/h7-8,13,16,18,21,23H,1-6,9-12,14H2. The van der Waals surface area contributed by atoms with Gasteiger partial charge < -0.3 is 15.2 Å². The second kappa shape index (κ2) is 8.79. The highest BCUT2D eigenvalue weighted by molar-refractivity contribution is 5.37. The Kier molecular flexibility index (Phi) is 6.46. The molecule has 0 radical (unpaired) electrons. The summed E-state index contributed by atoms with van der Waals surface area (Å²) in [5.74, 6) is 0.615. The molecule has 1 saturated heterocycles. The number of hydrogen-bond acceptors (Lipinski definition) is 4. The lowest BCUT2D eigenvalue weighted by Gasteiger charge is -2.23. The summed E-state index contributed by atoms with van der Waals surface area (Å²) < 4.78 is 19.3. The van der Waals surface area contributed by atoms with Crippen molar-refractivity contribution in [2.75, 3.05) is 32.8 Å². The molecule has 0 amide bonds. The smallest absolute Gasteiger partial charge is 0.124 e. The molecule has 0 aromatic heterocycles. The van der Waals surface area contributed by atoms with Gasteiger partial charge in [0, 0.05) is 17.6 Å². The minimum absolute atomic E-state index is 0.176. The van der Waals surface area contributed by atoms with Crippen molar-refractivity contribution in [1.29, 1.82) is 0 Å². The summed E-state index contributed by atoms with van der Waals surface area (Å²) in [6.07, 6.45) is 6.52. The van der Waals surface area contributed by atoms with Crippen molar-refractivity contribution in [1.82, 2.24) is 10.2 Å². The third-order valence-corrected chi connectivity index (χ3v) is 5.21. The minimum atomic E-state index is -0.199. The maximum absolute atomic E-state index is 13.6. The van der Waals surface area contributed by atoms with E-state index in [4.69, 9.17) is 4.74 Å². The quantitative estimate of drug-likeness (QED) is 0.752. The monoisotopic (exact) mass is 336 g/mol. The largest absolute Gasteiger partial charge is 0.493 e. The van der Waals surface area contributed by atoms with Crippen LogP contribution >= 0.6 is 0 Å². The summed E-state index contributed by atoms with van der Waals surface area (Å²) in [6, 6.07) is 5.36. The molecule has 0 saturated carbocycles. The summed E-state index contributed by atoms with van der Waals surface area (Å²) in [4.78, 5) is 2.41. The first kappa shape index (κ1) is 17.6. The van der Waals surface area contributed by atoms with Crippen molar-refractivity contribution in [3.05, 3.63) is 29.6 Å². The van der Waals surface area contributed by atoms with Crippen molar-refractivity contribution >= 4 is 0 Å². The van der Waals surface area contributed by atoms with E-state index >= 15 is 0 Å². The molecule has 3 rings (SSSR count). The lowest BCUT2D eigenvalue weighted by Crippen LogP contribution is -2.33. The van der Waals surface area contributed by atoms with E-state index in [1.807, 2.05) is 0 Å². The molecule has 0 spiro atoms. The van der Waals surface area contributed by atoms with Gasteiger partial charge in [-0.25, -0.2) is 4.39 Å². The summed E-state index contributed by atoms with van der Waals surface area (Å²) in [7, 11) is 0. The van der Waals surface area contributed by atoms with Gasteiger partial charge in [0.2, 0.25) is 0 Å². The van der Waals surface area contributed by atoms with E-state index in [0.29, 0.717) is 12.6 Å². The third kappa shape index (κ3) is 4.47. The molecule has 1 aromatic rings.